The molecule has 0 fully saturated rings. The van der Waals surface area contributed by atoms with Gasteiger partial charge >= 0.3 is 12.1 Å². The zero-order chi connectivity index (χ0) is 42.1. The van der Waals surface area contributed by atoms with Crippen molar-refractivity contribution in [1.82, 2.24) is 10.2 Å². The fourth-order valence-corrected chi connectivity index (χ4v) is 8.69. The van der Waals surface area contributed by atoms with Gasteiger partial charge in [-0.2, -0.15) is 0 Å². The van der Waals surface area contributed by atoms with Crippen LogP contribution in [0.15, 0.2) is 120 Å². The van der Waals surface area contributed by atoms with Crippen molar-refractivity contribution in [1.29, 1.82) is 0 Å². The number of amides is 4. The lowest BCUT2D eigenvalue weighted by molar-refractivity contribution is -0.116. The maximum atomic E-state index is 14.4. The number of thiophene rings is 1. The summed E-state index contributed by atoms with van der Waals surface area (Å²) in [6.07, 6.45) is 1.47. The number of hydrogen-bond acceptors (Lipinski definition) is 9. The highest BCUT2D eigenvalue weighted by molar-refractivity contribution is 8.00. The molecule has 59 heavy (non-hydrogen) atoms. The molecule has 1 aliphatic heterocycles. The molecule has 0 aliphatic carbocycles. The second kappa shape index (κ2) is 19.2. The molecule has 2 heterocycles. The highest BCUT2D eigenvalue weighted by Gasteiger charge is 2.34. The molecule has 0 spiro atoms. The third-order valence-electron chi connectivity index (χ3n) is 8.80. The van der Waals surface area contributed by atoms with Crippen molar-refractivity contribution in [2.75, 3.05) is 23.8 Å². The predicted molar refractivity (Wildman–Crippen MR) is 233 cm³/mol. The first kappa shape index (κ1) is 42.7. The lowest BCUT2D eigenvalue weighted by Crippen LogP contribution is -2.39. The van der Waals surface area contributed by atoms with E-state index in [0.717, 1.165) is 10.4 Å². The first-order valence-electron chi connectivity index (χ1n) is 18.8. The van der Waals surface area contributed by atoms with Crippen molar-refractivity contribution < 1.29 is 33.4 Å². The van der Waals surface area contributed by atoms with Gasteiger partial charge in [0.15, 0.2) is 0 Å². The van der Waals surface area contributed by atoms with E-state index in [9.17, 15) is 24.0 Å². The van der Waals surface area contributed by atoms with Crippen molar-refractivity contribution in [2.45, 2.75) is 56.4 Å². The van der Waals surface area contributed by atoms with E-state index in [1.807, 2.05) is 36.4 Å². The van der Waals surface area contributed by atoms with Gasteiger partial charge in [0.1, 0.15) is 21.5 Å². The van der Waals surface area contributed by atoms with Crippen molar-refractivity contribution >= 4 is 81.2 Å². The maximum Gasteiger partial charge on any atom is 0.410 e. The molecular weight excluding hydrogens is 808 g/mol. The average Bonchev–Trinajstić information content (AvgIpc) is 3.57. The summed E-state index contributed by atoms with van der Waals surface area (Å²) in [7, 11) is 0. The Balaban J connectivity index is 1.25. The first-order chi connectivity index (χ1) is 28.3. The number of nitrogens with one attached hydrogen (secondary N) is 3. The number of carbonyl (C=O) groups is 5. The summed E-state index contributed by atoms with van der Waals surface area (Å²) in [6, 6.07) is 31.7. The number of nitrogens with zero attached hydrogens (tertiary/aromatic N) is 1. The number of rotatable bonds is 12. The van der Waals surface area contributed by atoms with Crippen molar-refractivity contribution in [3.63, 3.8) is 0 Å². The summed E-state index contributed by atoms with van der Waals surface area (Å²) in [5.41, 5.74) is 2.45. The first-order valence-corrected chi connectivity index (χ1v) is 20.9. The Bertz CT molecular complexity index is 2380. The predicted octanol–water partition coefficient (Wildman–Crippen LogP) is 9.75. The zero-order valence-corrected chi connectivity index (χ0v) is 35.3. The standard InChI is InChI=1S/C45H43ClN4O7S2/c1-5-56-43(54)37-34-22-23-50(44(55)57-45(2,3)4)27-36(34)59-42(37)49-41(53)38(29-15-8-6-9-16-29)58-33-21-13-20-32(26-33)47-40(52)35(25-28-14-12-19-31(46)24-28)48-39(51)30-17-10-7-11-18-30/h6-21,24-26,38H,5,22-23,27H2,1-4H3,(H,47,52)(H,48,51)(H,49,53)/b35-25-. The number of halogens is 1. The largest absolute Gasteiger partial charge is 0.462 e. The third kappa shape index (κ3) is 11.4. The van der Waals surface area contributed by atoms with E-state index in [0.29, 0.717) is 50.3 Å². The second-order valence-electron chi connectivity index (χ2n) is 14.4. The van der Waals surface area contributed by atoms with E-state index in [1.165, 1.54) is 23.1 Å². The number of ether oxygens (including phenoxy) is 2. The van der Waals surface area contributed by atoms with Gasteiger partial charge in [-0.25, -0.2) is 9.59 Å². The van der Waals surface area contributed by atoms with Gasteiger partial charge in [-0.15, -0.1) is 23.1 Å². The number of fused-ring (bicyclic) bond motifs is 1. The molecule has 1 atom stereocenters. The molecule has 0 saturated heterocycles. The number of thioether (sulfide) groups is 1. The molecule has 1 aromatic heterocycles. The molecule has 0 saturated carbocycles. The third-order valence-corrected chi connectivity index (χ3v) is 11.4. The minimum absolute atomic E-state index is 0.00835. The number of hydrogen-bond donors (Lipinski definition) is 3. The Kier molecular flexibility index (Phi) is 13.9. The van der Waals surface area contributed by atoms with Crippen LogP contribution >= 0.6 is 34.7 Å². The molecule has 5 aromatic rings. The van der Waals surface area contributed by atoms with Crippen LogP contribution in [0, 0.1) is 0 Å². The molecule has 4 amide bonds. The highest BCUT2D eigenvalue weighted by atomic mass is 35.5. The van der Waals surface area contributed by atoms with Gasteiger partial charge in [-0.1, -0.05) is 78.3 Å². The van der Waals surface area contributed by atoms with Gasteiger partial charge in [0.05, 0.1) is 18.7 Å². The summed E-state index contributed by atoms with van der Waals surface area (Å²) in [5.74, 6) is -1.98. The molecule has 4 aromatic carbocycles. The molecule has 14 heteroatoms. The van der Waals surface area contributed by atoms with Gasteiger partial charge in [0.25, 0.3) is 11.8 Å². The molecule has 1 unspecified atom stereocenters. The van der Waals surface area contributed by atoms with Crippen LogP contribution in [0.25, 0.3) is 6.08 Å². The molecular formula is C45H43ClN4O7S2. The van der Waals surface area contributed by atoms with E-state index in [4.69, 9.17) is 21.1 Å². The van der Waals surface area contributed by atoms with E-state index < -0.39 is 34.7 Å². The molecule has 0 bridgehead atoms. The fraction of sp³-hybridized carbons (Fsp3) is 0.222. The normalized spacial score (nSPS) is 13.1. The number of esters is 1. The minimum Gasteiger partial charge on any atom is -0.462 e. The SMILES string of the molecule is CCOC(=O)c1c(NC(=O)C(Sc2cccc(NC(=O)/C(=C/c3cccc(Cl)c3)NC(=O)c3ccccc3)c2)c2ccccc2)sc2c1CCN(C(=O)OC(C)(C)C)C2. The smallest absolute Gasteiger partial charge is 0.410 e. The van der Waals surface area contributed by atoms with Gasteiger partial charge in [0.2, 0.25) is 5.91 Å². The summed E-state index contributed by atoms with van der Waals surface area (Å²) >= 11 is 8.71. The van der Waals surface area contributed by atoms with E-state index >= 15 is 0 Å². The minimum atomic E-state index is -0.793. The van der Waals surface area contributed by atoms with Crippen molar-refractivity contribution in [3.05, 3.63) is 153 Å². The summed E-state index contributed by atoms with van der Waals surface area (Å²) in [4.78, 5) is 70.7. The fourth-order valence-electron chi connectivity index (χ4n) is 6.16. The van der Waals surface area contributed by atoms with Crippen LogP contribution in [0.5, 0.6) is 0 Å². The summed E-state index contributed by atoms with van der Waals surface area (Å²) < 4.78 is 11.0. The van der Waals surface area contributed by atoms with Crippen LogP contribution in [0.4, 0.5) is 15.5 Å². The highest BCUT2D eigenvalue weighted by Crippen LogP contribution is 2.41. The van der Waals surface area contributed by atoms with Crippen molar-refractivity contribution in [2.24, 2.45) is 0 Å². The van der Waals surface area contributed by atoms with Crippen LogP contribution < -0.4 is 16.0 Å². The Labute approximate surface area is 356 Å². The zero-order valence-electron chi connectivity index (χ0n) is 32.9. The monoisotopic (exact) mass is 850 g/mol. The number of anilines is 2. The molecule has 0 radical (unpaired) electrons. The van der Waals surface area contributed by atoms with Crippen LogP contribution in [0.1, 0.15) is 75.2 Å². The van der Waals surface area contributed by atoms with E-state index in [1.54, 1.807) is 111 Å². The van der Waals surface area contributed by atoms with Gasteiger partial charge in [0, 0.05) is 32.6 Å². The van der Waals surface area contributed by atoms with Crippen LogP contribution in [-0.4, -0.2) is 53.4 Å². The summed E-state index contributed by atoms with van der Waals surface area (Å²) in [6.45, 7) is 7.83. The lowest BCUT2D eigenvalue weighted by Gasteiger charge is -2.30. The second-order valence-corrected chi connectivity index (χ2v) is 17.1. The molecule has 3 N–H and O–H groups in total. The molecule has 304 valence electrons. The van der Waals surface area contributed by atoms with Crippen molar-refractivity contribution in [3.8, 4) is 0 Å². The van der Waals surface area contributed by atoms with Crippen LogP contribution in [0.3, 0.4) is 0 Å². The maximum absolute atomic E-state index is 14.4. The van der Waals surface area contributed by atoms with Crippen LogP contribution in [0.2, 0.25) is 5.02 Å². The lowest BCUT2D eigenvalue weighted by atomic mass is 10.0. The van der Waals surface area contributed by atoms with Gasteiger partial charge in [-0.05, 0) is 99.3 Å². The van der Waals surface area contributed by atoms with Crippen LogP contribution in [-0.2, 0) is 32.0 Å². The summed E-state index contributed by atoms with van der Waals surface area (Å²) in [5, 5.41) is 8.65. The average molecular weight is 851 g/mol. The Morgan fingerprint density at radius 1 is 0.898 bits per heavy atom. The Morgan fingerprint density at radius 2 is 1.61 bits per heavy atom. The van der Waals surface area contributed by atoms with Gasteiger partial charge in [-0.3, -0.25) is 14.4 Å². The Morgan fingerprint density at radius 3 is 2.31 bits per heavy atom. The van der Waals surface area contributed by atoms with E-state index in [-0.39, 0.29) is 30.3 Å². The Hall–Kier alpha value is -5.89. The van der Waals surface area contributed by atoms with Gasteiger partial charge < -0.3 is 30.3 Å². The number of benzene rings is 4. The van der Waals surface area contributed by atoms with E-state index in [2.05, 4.69) is 16.0 Å². The molecule has 11 nitrogen and oxygen atoms in total. The quantitative estimate of drug-likeness (QED) is 0.0640. The topological polar surface area (TPSA) is 143 Å². The molecule has 1 aliphatic rings. The number of carbonyl (C=O) groups excluding carboxylic acids is 5. The molecule has 6 rings (SSSR count).